The van der Waals surface area contributed by atoms with Crippen molar-refractivity contribution in [2.45, 2.75) is 60.9 Å². The van der Waals surface area contributed by atoms with Gasteiger partial charge in [-0.05, 0) is 39.8 Å². The summed E-state index contributed by atoms with van der Waals surface area (Å²) in [6.07, 6.45) is 0. The summed E-state index contributed by atoms with van der Waals surface area (Å²) in [7, 11) is 0. The Hall–Kier alpha value is -1.51. The number of rotatable bonds is 1. The summed E-state index contributed by atoms with van der Waals surface area (Å²) < 4.78 is 0. The van der Waals surface area contributed by atoms with E-state index >= 15 is 0 Å². The Balaban J connectivity index is 0. The average Bonchev–Trinajstić information content (AvgIpc) is 2.35. The molecular weight excluding hydrogens is 236 g/mol. The van der Waals surface area contributed by atoms with Crippen LogP contribution in [0, 0.1) is 6.92 Å². The molecule has 0 heterocycles. The molecule has 1 aromatic carbocycles. The zero-order valence-electron chi connectivity index (χ0n) is 13.7. The number of hydrogen-bond donors (Lipinski definition) is 2. The normalized spacial score (nSPS) is 9.26. The van der Waals surface area contributed by atoms with Gasteiger partial charge in [0.1, 0.15) is 0 Å². The predicted molar refractivity (Wildman–Crippen MR) is 85.8 cm³/mol. The maximum absolute atomic E-state index is 11.5. The van der Waals surface area contributed by atoms with Gasteiger partial charge in [0, 0.05) is 11.2 Å². The Morgan fingerprint density at radius 2 is 1.37 bits per heavy atom. The number of amides is 2. The maximum Gasteiger partial charge on any atom is 0.319 e. The molecule has 19 heavy (non-hydrogen) atoms. The van der Waals surface area contributed by atoms with Gasteiger partial charge in [0.25, 0.3) is 0 Å². The van der Waals surface area contributed by atoms with E-state index in [1.54, 1.807) is 0 Å². The molecule has 0 bridgehead atoms. The van der Waals surface area contributed by atoms with Gasteiger partial charge in [-0.3, -0.25) is 0 Å². The molecule has 0 saturated heterocycles. The average molecular weight is 266 g/mol. The first-order valence-electron chi connectivity index (χ1n) is 7.03. The zero-order valence-corrected chi connectivity index (χ0v) is 13.7. The maximum atomic E-state index is 11.5. The quantitative estimate of drug-likeness (QED) is 0.740. The molecule has 2 N–H and O–H groups in total. The van der Waals surface area contributed by atoms with Crippen LogP contribution in [0.4, 0.5) is 10.5 Å². The Bertz CT molecular complexity index is 337. The van der Waals surface area contributed by atoms with Gasteiger partial charge < -0.3 is 10.6 Å². The second kappa shape index (κ2) is 10.4. The van der Waals surface area contributed by atoms with Crippen LogP contribution in [0.5, 0.6) is 0 Å². The van der Waals surface area contributed by atoms with Gasteiger partial charge in [0.05, 0.1) is 0 Å². The van der Waals surface area contributed by atoms with Crippen molar-refractivity contribution in [3.63, 3.8) is 0 Å². The van der Waals surface area contributed by atoms with E-state index in [1.807, 2.05) is 79.7 Å². The highest BCUT2D eigenvalue weighted by Gasteiger charge is 2.13. The van der Waals surface area contributed by atoms with Crippen molar-refractivity contribution >= 4 is 11.7 Å². The Kier molecular flexibility index (Phi) is 10.9. The number of aryl methyl sites for hydroxylation is 1. The molecule has 0 unspecified atom stereocenters. The van der Waals surface area contributed by atoms with Crippen LogP contribution in [-0.4, -0.2) is 11.6 Å². The van der Waals surface area contributed by atoms with Gasteiger partial charge in [0.15, 0.2) is 0 Å². The summed E-state index contributed by atoms with van der Waals surface area (Å²) in [6, 6.07) is 7.53. The third kappa shape index (κ3) is 11.3. The van der Waals surface area contributed by atoms with Crippen LogP contribution >= 0.6 is 0 Å². The number of hydrogen-bond acceptors (Lipinski definition) is 1. The van der Waals surface area contributed by atoms with Crippen LogP contribution in [0.1, 0.15) is 54.0 Å². The van der Waals surface area contributed by atoms with Crippen LogP contribution < -0.4 is 10.6 Å². The Morgan fingerprint density at radius 1 is 0.947 bits per heavy atom. The molecule has 0 spiro atoms. The molecule has 0 atom stereocenters. The SMILES string of the molecule is CC.CC.Cc1ccc(NC(=O)NC(C)(C)C)cc1. The third-order valence-electron chi connectivity index (χ3n) is 1.80. The molecule has 3 heteroatoms. The minimum Gasteiger partial charge on any atom is -0.333 e. The highest BCUT2D eigenvalue weighted by Crippen LogP contribution is 2.08. The molecule has 3 nitrogen and oxygen atoms in total. The summed E-state index contributed by atoms with van der Waals surface area (Å²) in [5, 5.41) is 5.61. The number of urea groups is 1. The van der Waals surface area contributed by atoms with Crippen molar-refractivity contribution in [1.29, 1.82) is 0 Å². The molecule has 0 aliphatic carbocycles. The molecule has 0 fully saturated rings. The van der Waals surface area contributed by atoms with Gasteiger partial charge in [-0.25, -0.2) is 4.79 Å². The van der Waals surface area contributed by atoms with Gasteiger partial charge in [0.2, 0.25) is 0 Å². The summed E-state index contributed by atoms with van der Waals surface area (Å²) in [5.41, 5.74) is 1.77. The van der Waals surface area contributed by atoms with Gasteiger partial charge in [-0.2, -0.15) is 0 Å². The topological polar surface area (TPSA) is 41.1 Å². The van der Waals surface area contributed by atoms with Crippen molar-refractivity contribution in [2.75, 3.05) is 5.32 Å². The van der Waals surface area contributed by atoms with E-state index in [4.69, 9.17) is 0 Å². The predicted octanol–water partition coefficient (Wildman–Crippen LogP) is 4.97. The van der Waals surface area contributed by atoms with Crippen molar-refractivity contribution in [1.82, 2.24) is 5.32 Å². The van der Waals surface area contributed by atoms with Crippen molar-refractivity contribution in [3.05, 3.63) is 29.8 Å². The lowest BCUT2D eigenvalue weighted by molar-refractivity contribution is 0.244. The highest BCUT2D eigenvalue weighted by atomic mass is 16.2. The van der Waals surface area contributed by atoms with Crippen molar-refractivity contribution in [2.24, 2.45) is 0 Å². The fourth-order valence-electron chi connectivity index (χ4n) is 1.14. The molecular formula is C16H30N2O. The second-order valence-electron chi connectivity index (χ2n) is 4.70. The lowest BCUT2D eigenvalue weighted by Crippen LogP contribution is -2.43. The van der Waals surface area contributed by atoms with E-state index in [9.17, 15) is 4.79 Å². The van der Waals surface area contributed by atoms with Crippen LogP contribution in [0.3, 0.4) is 0 Å². The summed E-state index contributed by atoms with van der Waals surface area (Å²) in [5.74, 6) is 0. The summed E-state index contributed by atoms with van der Waals surface area (Å²) in [6.45, 7) is 15.9. The number of nitrogens with one attached hydrogen (secondary N) is 2. The Morgan fingerprint density at radius 3 is 1.74 bits per heavy atom. The lowest BCUT2D eigenvalue weighted by atomic mass is 10.1. The second-order valence-corrected chi connectivity index (χ2v) is 4.70. The first-order valence-corrected chi connectivity index (χ1v) is 7.03. The number of carbonyl (C=O) groups excluding carboxylic acids is 1. The van der Waals surface area contributed by atoms with Crippen LogP contribution in [0.2, 0.25) is 0 Å². The first kappa shape index (κ1) is 19.8. The van der Waals surface area contributed by atoms with Gasteiger partial charge in [-0.15, -0.1) is 0 Å². The Labute approximate surface area is 118 Å². The monoisotopic (exact) mass is 266 g/mol. The number of carbonyl (C=O) groups is 1. The fraction of sp³-hybridized carbons (Fsp3) is 0.562. The first-order chi connectivity index (χ1) is 8.87. The van der Waals surface area contributed by atoms with Crippen LogP contribution in [0.15, 0.2) is 24.3 Å². The lowest BCUT2D eigenvalue weighted by Gasteiger charge is -2.20. The van der Waals surface area contributed by atoms with Crippen LogP contribution in [-0.2, 0) is 0 Å². The zero-order chi connectivity index (χ0) is 15.5. The van der Waals surface area contributed by atoms with E-state index in [-0.39, 0.29) is 11.6 Å². The highest BCUT2D eigenvalue weighted by molar-refractivity contribution is 5.89. The van der Waals surface area contributed by atoms with Gasteiger partial charge >= 0.3 is 6.03 Å². The van der Waals surface area contributed by atoms with E-state index in [0.717, 1.165) is 5.69 Å². The molecule has 0 aliphatic rings. The van der Waals surface area contributed by atoms with E-state index in [0.29, 0.717) is 0 Å². The van der Waals surface area contributed by atoms with Gasteiger partial charge in [-0.1, -0.05) is 45.4 Å². The molecule has 0 radical (unpaired) electrons. The van der Waals surface area contributed by atoms with E-state index in [2.05, 4.69) is 10.6 Å². The largest absolute Gasteiger partial charge is 0.333 e. The van der Waals surface area contributed by atoms with Crippen LogP contribution in [0.25, 0.3) is 0 Å². The molecule has 0 saturated carbocycles. The summed E-state index contributed by atoms with van der Waals surface area (Å²) in [4.78, 5) is 11.5. The minimum atomic E-state index is -0.214. The van der Waals surface area contributed by atoms with E-state index in [1.165, 1.54) is 5.56 Å². The minimum absolute atomic E-state index is 0.175. The standard InChI is InChI=1S/C12H18N2O.2C2H6/c1-9-5-7-10(8-6-9)13-11(15)14-12(2,3)4;2*1-2/h5-8H,1-4H3,(H2,13,14,15);2*1-2H3. The smallest absolute Gasteiger partial charge is 0.319 e. The van der Waals surface area contributed by atoms with Crippen molar-refractivity contribution in [3.8, 4) is 0 Å². The fourth-order valence-corrected chi connectivity index (χ4v) is 1.14. The molecule has 0 aliphatic heterocycles. The van der Waals surface area contributed by atoms with Crippen molar-refractivity contribution < 1.29 is 4.79 Å². The number of benzene rings is 1. The third-order valence-corrected chi connectivity index (χ3v) is 1.80. The molecule has 1 rings (SSSR count). The molecule has 110 valence electrons. The molecule has 2 amide bonds. The molecule has 0 aromatic heterocycles. The number of anilines is 1. The molecule has 1 aromatic rings. The van der Waals surface area contributed by atoms with E-state index < -0.39 is 0 Å². The summed E-state index contributed by atoms with van der Waals surface area (Å²) >= 11 is 0.